The van der Waals surface area contributed by atoms with Crippen molar-refractivity contribution < 1.29 is 8.42 Å². The van der Waals surface area contributed by atoms with Gasteiger partial charge in [-0.15, -0.1) is 0 Å². The van der Waals surface area contributed by atoms with Gasteiger partial charge in [0.1, 0.15) is 0 Å². The number of aryl methyl sites for hydroxylation is 2. The van der Waals surface area contributed by atoms with E-state index in [0.29, 0.717) is 27.3 Å². The van der Waals surface area contributed by atoms with Crippen LogP contribution in [0.2, 0.25) is 0 Å². The third-order valence-electron chi connectivity index (χ3n) is 3.35. The molecule has 4 nitrogen and oxygen atoms in total. The molecule has 0 amide bonds. The monoisotopic (exact) mass is 300 g/mol. The topological polar surface area (TPSA) is 84.0 Å². The first-order valence-electron chi connectivity index (χ1n) is 6.42. The number of anilines is 1. The van der Waals surface area contributed by atoms with E-state index in [1.807, 2.05) is 13.0 Å². The lowest BCUT2D eigenvalue weighted by Gasteiger charge is -2.10. The average molecular weight is 300 g/mol. The minimum Gasteiger partial charge on any atom is -0.399 e. The van der Waals surface area contributed by atoms with E-state index < -0.39 is 9.84 Å². The Kier molecular flexibility index (Phi) is 4.01. The van der Waals surface area contributed by atoms with E-state index in [1.165, 1.54) is 0 Å². The molecule has 2 N–H and O–H groups in total. The van der Waals surface area contributed by atoms with Gasteiger partial charge < -0.3 is 5.73 Å². The summed E-state index contributed by atoms with van der Waals surface area (Å²) >= 11 is 0. The lowest BCUT2D eigenvalue weighted by molar-refractivity contribution is 0.594. The highest BCUT2D eigenvalue weighted by Crippen LogP contribution is 2.23. The van der Waals surface area contributed by atoms with Crippen molar-refractivity contribution in [3.05, 3.63) is 58.7 Å². The predicted molar refractivity (Wildman–Crippen MR) is 82.4 cm³/mol. The van der Waals surface area contributed by atoms with E-state index in [-0.39, 0.29) is 5.75 Å². The maximum Gasteiger partial charge on any atom is 0.182 e. The molecule has 0 atom stereocenters. The quantitative estimate of drug-likeness (QED) is 0.883. The Morgan fingerprint density at radius 1 is 1.10 bits per heavy atom. The van der Waals surface area contributed by atoms with Crippen molar-refractivity contribution >= 4 is 15.5 Å². The second-order valence-electron chi connectivity index (χ2n) is 5.04. The lowest BCUT2D eigenvalue weighted by Crippen LogP contribution is -2.08. The molecule has 0 aliphatic rings. The molecule has 0 spiro atoms. The van der Waals surface area contributed by atoms with Crippen LogP contribution in [0.4, 0.5) is 5.69 Å². The average Bonchev–Trinajstić information content (AvgIpc) is 2.40. The van der Waals surface area contributed by atoms with Gasteiger partial charge in [-0.25, -0.2) is 8.42 Å². The first-order chi connectivity index (χ1) is 9.83. The highest BCUT2D eigenvalue weighted by atomic mass is 32.2. The molecule has 0 aliphatic carbocycles. The minimum absolute atomic E-state index is 0.0880. The molecule has 0 aromatic heterocycles. The molecule has 2 aromatic carbocycles. The van der Waals surface area contributed by atoms with Crippen LogP contribution in [-0.4, -0.2) is 8.42 Å². The van der Waals surface area contributed by atoms with E-state index in [2.05, 4.69) is 0 Å². The number of rotatable bonds is 3. The van der Waals surface area contributed by atoms with Crippen LogP contribution in [0.5, 0.6) is 0 Å². The summed E-state index contributed by atoms with van der Waals surface area (Å²) in [4.78, 5) is 0.292. The molecule has 0 saturated carbocycles. The number of nitrogens with zero attached hydrogens (tertiary/aromatic N) is 1. The highest BCUT2D eigenvalue weighted by molar-refractivity contribution is 7.90. The molecular weight excluding hydrogens is 284 g/mol. The Hall–Kier alpha value is -2.32. The second-order valence-corrected chi connectivity index (χ2v) is 7.00. The normalized spacial score (nSPS) is 11.1. The zero-order valence-corrected chi connectivity index (χ0v) is 12.7. The third-order valence-corrected chi connectivity index (χ3v) is 5.17. The van der Waals surface area contributed by atoms with Crippen LogP contribution < -0.4 is 5.73 Å². The van der Waals surface area contributed by atoms with Crippen molar-refractivity contribution in [1.82, 2.24) is 0 Å². The molecular formula is C16H16N2O2S. The van der Waals surface area contributed by atoms with Crippen molar-refractivity contribution in [2.45, 2.75) is 24.5 Å². The molecule has 0 bridgehead atoms. The van der Waals surface area contributed by atoms with E-state index in [9.17, 15) is 8.42 Å². The molecule has 0 aliphatic heterocycles. The van der Waals surface area contributed by atoms with Crippen LogP contribution in [0.25, 0.3) is 0 Å². The summed E-state index contributed by atoms with van der Waals surface area (Å²) in [7, 11) is -3.44. The summed E-state index contributed by atoms with van der Waals surface area (Å²) in [5.74, 6) is -0.0880. The number of nitriles is 1. The van der Waals surface area contributed by atoms with Crippen molar-refractivity contribution in [3.63, 3.8) is 0 Å². The largest absolute Gasteiger partial charge is 0.399 e. The molecule has 0 saturated heterocycles. The van der Waals surface area contributed by atoms with Crippen LogP contribution in [-0.2, 0) is 15.6 Å². The molecule has 0 fully saturated rings. The van der Waals surface area contributed by atoms with Crippen LogP contribution in [0.3, 0.4) is 0 Å². The first-order valence-corrected chi connectivity index (χ1v) is 8.07. The van der Waals surface area contributed by atoms with Crippen molar-refractivity contribution in [2.75, 3.05) is 5.73 Å². The number of benzene rings is 2. The smallest absolute Gasteiger partial charge is 0.182 e. The van der Waals surface area contributed by atoms with Crippen LogP contribution >= 0.6 is 0 Å². The van der Waals surface area contributed by atoms with E-state index in [1.54, 1.807) is 43.3 Å². The van der Waals surface area contributed by atoms with Crippen molar-refractivity contribution in [1.29, 1.82) is 5.26 Å². The van der Waals surface area contributed by atoms with Gasteiger partial charge >= 0.3 is 0 Å². The lowest BCUT2D eigenvalue weighted by atomic mass is 10.1. The minimum atomic E-state index is -3.44. The van der Waals surface area contributed by atoms with Gasteiger partial charge in [-0.2, -0.15) is 5.26 Å². The molecule has 21 heavy (non-hydrogen) atoms. The van der Waals surface area contributed by atoms with Gasteiger partial charge in [0.25, 0.3) is 0 Å². The second kappa shape index (κ2) is 5.58. The fourth-order valence-corrected chi connectivity index (χ4v) is 3.95. The van der Waals surface area contributed by atoms with Gasteiger partial charge in [0.2, 0.25) is 0 Å². The van der Waals surface area contributed by atoms with E-state index >= 15 is 0 Å². The Bertz CT molecular complexity index is 834. The predicted octanol–water partition coefficient (Wildman–Crippen LogP) is 2.73. The Morgan fingerprint density at radius 2 is 1.81 bits per heavy atom. The summed E-state index contributed by atoms with van der Waals surface area (Å²) in [6.45, 7) is 3.54. The standard InChI is InChI=1S/C16H16N2O2S/c1-11-7-13(9-17)3-4-14(11)10-21(19,20)16-6-5-15(18)8-12(16)2/h3-8H,10,18H2,1-2H3. The van der Waals surface area contributed by atoms with E-state index in [4.69, 9.17) is 11.0 Å². The maximum atomic E-state index is 12.5. The molecule has 0 unspecified atom stereocenters. The molecule has 0 radical (unpaired) electrons. The molecule has 108 valence electrons. The number of sulfone groups is 1. The molecule has 0 heterocycles. The summed E-state index contributed by atoms with van der Waals surface area (Å²) in [5, 5.41) is 8.85. The first kappa shape index (κ1) is 15.1. The van der Waals surface area contributed by atoms with Crippen LogP contribution in [0.1, 0.15) is 22.3 Å². The number of nitrogen functional groups attached to an aromatic ring is 1. The zero-order valence-electron chi connectivity index (χ0n) is 11.9. The molecule has 2 aromatic rings. The molecule has 5 heteroatoms. The van der Waals surface area contributed by atoms with Crippen molar-refractivity contribution in [3.8, 4) is 6.07 Å². The van der Waals surface area contributed by atoms with Crippen LogP contribution in [0.15, 0.2) is 41.3 Å². The zero-order chi connectivity index (χ0) is 15.6. The van der Waals surface area contributed by atoms with E-state index in [0.717, 1.165) is 5.56 Å². The SMILES string of the molecule is Cc1cc(C#N)ccc1CS(=O)(=O)c1ccc(N)cc1C. The summed E-state index contributed by atoms with van der Waals surface area (Å²) < 4.78 is 25.1. The Morgan fingerprint density at radius 3 is 2.38 bits per heavy atom. The van der Waals surface area contributed by atoms with Gasteiger partial charge in [-0.05, 0) is 60.9 Å². The van der Waals surface area contributed by atoms with Gasteiger partial charge in [0.15, 0.2) is 9.84 Å². The van der Waals surface area contributed by atoms with Crippen LogP contribution in [0, 0.1) is 25.2 Å². The number of nitrogens with two attached hydrogens (primary N) is 1. The van der Waals surface area contributed by atoms with Gasteiger partial charge in [-0.1, -0.05) is 6.07 Å². The summed E-state index contributed by atoms with van der Waals surface area (Å²) in [6.07, 6.45) is 0. The fraction of sp³-hybridized carbons (Fsp3) is 0.188. The van der Waals surface area contributed by atoms with Gasteiger partial charge in [-0.3, -0.25) is 0 Å². The number of hydrogen-bond donors (Lipinski definition) is 1. The van der Waals surface area contributed by atoms with Gasteiger partial charge in [0.05, 0.1) is 22.3 Å². The Balaban J connectivity index is 2.40. The number of hydrogen-bond acceptors (Lipinski definition) is 4. The third kappa shape index (κ3) is 3.23. The van der Waals surface area contributed by atoms with Crippen molar-refractivity contribution in [2.24, 2.45) is 0 Å². The Labute approximate surface area is 124 Å². The summed E-state index contributed by atoms with van der Waals surface area (Å²) in [6, 6.07) is 11.8. The summed E-state index contributed by atoms with van der Waals surface area (Å²) in [5.41, 5.74) is 8.86. The maximum absolute atomic E-state index is 12.5. The highest BCUT2D eigenvalue weighted by Gasteiger charge is 2.19. The fourth-order valence-electron chi connectivity index (χ4n) is 2.23. The molecule has 2 rings (SSSR count). The van der Waals surface area contributed by atoms with Gasteiger partial charge in [0, 0.05) is 5.69 Å².